The molecule has 2 aromatic heterocycles. The highest BCUT2D eigenvalue weighted by atomic mass is 19.1. The predicted molar refractivity (Wildman–Crippen MR) is 119 cm³/mol. The maximum atomic E-state index is 13.2. The van der Waals surface area contributed by atoms with Crippen molar-refractivity contribution in [2.45, 2.75) is 19.2 Å². The molecule has 5 rings (SSSR count). The first kappa shape index (κ1) is 20.7. The molecule has 1 atom stereocenters. The van der Waals surface area contributed by atoms with Crippen LogP contribution in [0.5, 0.6) is 11.5 Å². The minimum atomic E-state index is -0.769. The van der Waals surface area contributed by atoms with Crippen LogP contribution in [0.25, 0.3) is 11.2 Å². The summed E-state index contributed by atoms with van der Waals surface area (Å²) in [5.74, 6) is 0.476. The lowest BCUT2D eigenvalue weighted by atomic mass is 10.2. The van der Waals surface area contributed by atoms with E-state index in [1.807, 2.05) is 18.2 Å². The second-order valence-corrected chi connectivity index (χ2v) is 7.65. The SMILES string of the molecule is O=C(NCCn1c(=O)n(Cc2ccc(F)cc2)c2cccnc21)[C@H]1COc2ccccc2O1. The molecule has 0 unspecified atom stereocenters. The maximum absolute atomic E-state index is 13.2. The normalized spacial score (nSPS) is 14.9. The van der Waals surface area contributed by atoms with Crippen molar-refractivity contribution >= 4 is 17.1 Å². The second kappa shape index (κ2) is 8.78. The van der Waals surface area contributed by atoms with Crippen LogP contribution in [0, 0.1) is 5.82 Å². The fourth-order valence-corrected chi connectivity index (χ4v) is 3.83. The molecule has 0 radical (unpaired) electrons. The Morgan fingerprint density at radius 2 is 1.85 bits per heavy atom. The van der Waals surface area contributed by atoms with Gasteiger partial charge in [-0.2, -0.15) is 0 Å². The number of nitrogens with zero attached hydrogens (tertiary/aromatic N) is 3. The number of ether oxygens (including phenoxy) is 2. The van der Waals surface area contributed by atoms with Gasteiger partial charge in [0.1, 0.15) is 12.4 Å². The van der Waals surface area contributed by atoms with Gasteiger partial charge in [0.25, 0.3) is 5.91 Å². The third-order valence-electron chi connectivity index (χ3n) is 5.46. The van der Waals surface area contributed by atoms with Gasteiger partial charge in [0.15, 0.2) is 17.1 Å². The van der Waals surface area contributed by atoms with Gasteiger partial charge in [0.05, 0.1) is 12.1 Å². The van der Waals surface area contributed by atoms with Gasteiger partial charge >= 0.3 is 5.69 Å². The number of rotatable bonds is 6. The molecule has 0 saturated heterocycles. The molecule has 0 aliphatic carbocycles. The molecule has 1 aliphatic rings. The summed E-state index contributed by atoms with van der Waals surface area (Å²) in [5.41, 5.74) is 1.72. The summed E-state index contributed by atoms with van der Waals surface area (Å²) < 4.78 is 27.7. The Labute approximate surface area is 188 Å². The van der Waals surface area contributed by atoms with Gasteiger partial charge in [0, 0.05) is 19.3 Å². The Morgan fingerprint density at radius 3 is 2.67 bits per heavy atom. The number of imidazole rings is 1. The molecule has 4 aromatic rings. The van der Waals surface area contributed by atoms with Gasteiger partial charge < -0.3 is 14.8 Å². The summed E-state index contributed by atoms with van der Waals surface area (Å²) in [4.78, 5) is 30.1. The van der Waals surface area contributed by atoms with E-state index in [0.717, 1.165) is 5.56 Å². The number of para-hydroxylation sites is 2. The zero-order chi connectivity index (χ0) is 22.8. The van der Waals surface area contributed by atoms with Crippen molar-refractivity contribution < 1.29 is 18.7 Å². The summed E-state index contributed by atoms with van der Waals surface area (Å²) in [5, 5.41) is 2.81. The first-order chi connectivity index (χ1) is 16.1. The number of amides is 1. The molecule has 1 N–H and O–H groups in total. The van der Waals surface area contributed by atoms with Crippen molar-refractivity contribution in [3.8, 4) is 11.5 Å². The van der Waals surface area contributed by atoms with Gasteiger partial charge in [-0.3, -0.25) is 13.9 Å². The van der Waals surface area contributed by atoms with E-state index >= 15 is 0 Å². The number of aromatic nitrogens is 3. The highest BCUT2D eigenvalue weighted by molar-refractivity contribution is 5.81. The topological polar surface area (TPSA) is 87.4 Å². The molecular weight excluding hydrogens is 427 g/mol. The molecule has 3 heterocycles. The minimum absolute atomic E-state index is 0.112. The minimum Gasteiger partial charge on any atom is -0.485 e. The number of benzene rings is 2. The Hall–Kier alpha value is -4.14. The Bertz CT molecular complexity index is 1360. The lowest BCUT2D eigenvalue weighted by Gasteiger charge is -2.25. The molecule has 0 spiro atoms. The van der Waals surface area contributed by atoms with Crippen LogP contribution in [-0.2, 0) is 17.9 Å². The quantitative estimate of drug-likeness (QED) is 0.489. The number of hydrogen-bond donors (Lipinski definition) is 1. The molecule has 0 saturated carbocycles. The maximum Gasteiger partial charge on any atom is 0.330 e. The van der Waals surface area contributed by atoms with Crippen molar-refractivity contribution in [3.63, 3.8) is 0 Å². The molecule has 0 fully saturated rings. The molecule has 1 amide bonds. The van der Waals surface area contributed by atoms with E-state index in [1.54, 1.807) is 41.1 Å². The van der Waals surface area contributed by atoms with Crippen molar-refractivity contribution in [3.05, 3.63) is 88.7 Å². The van der Waals surface area contributed by atoms with Gasteiger partial charge in [-0.1, -0.05) is 24.3 Å². The first-order valence-corrected chi connectivity index (χ1v) is 10.5. The third-order valence-corrected chi connectivity index (χ3v) is 5.46. The third kappa shape index (κ3) is 4.17. The fraction of sp³-hybridized carbons (Fsp3) is 0.208. The smallest absolute Gasteiger partial charge is 0.330 e. The van der Waals surface area contributed by atoms with E-state index in [1.165, 1.54) is 16.7 Å². The van der Waals surface area contributed by atoms with Gasteiger partial charge in [-0.05, 0) is 42.0 Å². The van der Waals surface area contributed by atoms with Crippen LogP contribution in [0.1, 0.15) is 5.56 Å². The number of halogens is 1. The Kier molecular flexibility index (Phi) is 5.52. The monoisotopic (exact) mass is 448 g/mol. The van der Waals surface area contributed by atoms with E-state index in [9.17, 15) is 14.0 Å². The summed E-state index contributed by atoms with van der Waals surface area (Å²) in [6, 6.07) is 16.8. The number of carbonyl (C=O) groups is 1. The van der Waals surface area contributed by atoms with Gasteiger partial charge in [-0.25, -0.2) is 14.2 Å². The number of fused-ring (bicyclic) bond motifs is 2. The van der Waals surface area contributed by atoms with Gasteiger partial charge in [0.2, 0.25) is 6.10 Å². The average molecular weight is 448 g/mol. The molecule has 8 nitrogen and oxygen atoms in total. The zero-order valence-corrected chi connectivity index (χ0v) is 17.6. The van der Waals surface area contributed by atoms with Crippen LogP contribution in [0.3, 0.4) is 0 Å². The Balaban J connectivity index is 1.29. The van der Waals surface area contributed by atoms with E-state index in [2.05, 4.69) is 10.3 Å². The summed E-state index contributed by atoms with van der Waals surface area (Å²) in [6.07, 6.45) is 0.846. The van der Waals surface area contributed by atoms with Crippen LogP contribution >= 0.6 is 0 Å². The van der Waals surface area contributed by atoms with Crippen LogP contribution in [0.15, 0.2) is 71.7 Å². The summed E-state index contributed by atoms with van der Waals surface area (Å²) >= 11 is 0. The van der Waals surface area contributed by atoms with Crippen LogP contribution in [-0.4, -0.2) is 39.3 Å². The number of nitrogens with one attached hydrogen (secondary N) is 1. The zero-order valence-electron chi connectivity index (χ0n) is 17.6. The molecule has 9 heteroatoms. The molecular formula is C24H21FN4O4. The first-order valence-electron chi connectivity index (χ1n) is 10.5. The van der Waals surface area contributed by atoms with Gasteiger partial charge in [-0.15, -0.1) is 0 Å². The second-order valence-electron chi connectivity index (χ2n) is 7.65. The fourth-order valence-electron chi connectivity index (χ4n) is 3.83. The van der Waals surface area contributed by atoms with E-state index < -0.39 is 6.10 Å². The van der Waals surface area contributed by atoms with E-state index in [-0.39, 0.29) is 43.7 Å². The number of pyridine rings is 1. The van der Waals surface area contributed by atoms with E-state index in [0.29, 0.717) is 22.7 Å². The summed E-state index contributed by atoms with van der Waals surface area (Å²) in [6.45, 7) is 0.847. The average Bonchev–Trinajstić information content (AvgIpc) is 3.11. The molecule has 1 aliphatic heterocycles. The van der Waals surface area contributed by atoms with Crippen molar-refractivity contribution in [1.82, 2.24) is 19.4 Å². The highest BCUT2D eigenvalue weighted by Gasteiger charge is 2.27. The van der Waals surface area contributed by atoms with Crippen LogP contribution in [0.2, 0.25) is 0 Å². The lowest BCUT2D eigenvalue weighted by Crippen LogP contribution is -2.45. The van der Waals surface area contributed by atoms with Crippen LogP contribution in [0.4, 0.5) is 4.39 Å². The highest BCUT2D eigenvalue weighted by Crippen LogP contribution is 2.30. The molecule has 168 valence electrons. The predicted octanol–water partition coefficient (Wildman–Crippen LogP) is 2.34. The van der Waals surface area contributed by atoms with Crippen molar-refractivity contribution in [2.75, 3.05) is 13.2 Å². The lowest BCUT2D eigenvalue weighted by molar-refractivity contribution is -0.130. The molecule has 33 heavy (non-hydrogen) atoms. The van der Waals surface area contributed by atoms with E-state index in [4.69, 9.17) is 9.47 Å². The van der Waals surface area contributed by atoms with Crippen LogP contribution < -0.4 is 20.5 Å². The Morgan fingerprint density at radius 1 is 1.06 bits per heavy atom. The number of carbonyl (C=O) groups excluding carboxylic acids is 1. The largest absolute Gasteiger partial charge is 0.485 e. The summed E-state index contributed by atoms with van der Waals surface area (Å²) in [7, 11) is 0. The van der Waals surface area contributed by atoms with Crippen molar-refractivity contribution in [1.29, 1.82) is 0 Å². The van der Waals surface area contributed by atoms with Crippen molar-refractivity contribution in [2.24, 2.45) is 0 Å². The molecule has 0 bridgehead atoms. The standard InChI is InChI=1S/C24H21FN4O4/c25-17-9-7-16(8-10-17)14-29-18-4-3-11-26-22(18)28(24(29)31)13-12-27-23(30)21-15-32-19-5-1-2-6-20(19)33-21/h1-11,21H,12-15H2,(H,27,30)/t21-/m1/s1. The number of hydrogen-bond acceptors (Lipinski definition) is 5. The molecule has 2 aromatic carbocycles.